The van der Waals surface area contributed by atoms with Gasteiger partial charge < -0.3 is 20.4 Å². The van der Waals surface area contributed by atoms with Crippen molar-refractivity contribution in [1.82, 2.24) is 10.2 Å². The van der Waals surface area contributed by atoms with Gasteiger partial charge in [0, 0.05) is 13.6 Å². The van der Waals surface area contributed by atoms with Crippen molar-refractivity contribution in [3.8, 4) is 6.07 Å². The number of hydrogen-bond acceptors (Lipinski definition) is 4. The number of rotatable bonds is 6. The fraction of sp³-hybridized carbons (Fsp3) is 0.556. The van der Waals surface area contributed by atoms with Gasteiger partial charge in [-0.2, -0.15) is 5.26 Å². The molecular formula is C9H13N3O5. The molecule has 17 heavy (non-hydrogen) atoms. The van der Waals surface area contributed by atoms with E-state index in [2.05, 4.69) is 5.32 Å². The molecule has 8 nitrogen and oxygen atoms in total. The molecule has 0 rings (SSSR count). The van der Waals surface area contributed by atoms with E-state index < -0.39 is 30.4 Å². The van der Waals surface area contributed by atoms with Gasteiger partial charge in [0.15, 0.2) is 0 Å². The standard InChI is InChI=1S/C9H13N3O5/c1-12(4-2-3-10)9(17)11-6(8(15)16)5-7(13)14/h6H,2,4-5H2,1H3,(H,11,17)(H,13,14)(H,15,16)/t6-/m0/s1. The molecule has 0 spiro atoms. The van der Waals surface area contributed by atoms with Crippen LogP contribution in [-0.2, 0) is 9.59 Å². The second-order valence-electron chi connectivity index (χ2n) is 3.27. The van der Waals surface area contributed by atoms with Crippen LogP contribution in [0.25, 0.3) is 0 Å². The molecule has 0 radical (unpaired) electrons. The lowest BCUT2D eigenvalue weighted by atomic mass is 10.2. The number of hydrogen-bond donors (Lipinski definition) is 3. The molecule has 0 aromatic heterocycles. The van der Waals surface area contributed by atoms with E-state index in [1.807, 2.05) is 6.07 Å². The number of nitriles is 1. The van der Waals surface area contributed by atoms with Crippen LogP contribution in [-0.4, -0.2) is 52.7 Å². The van der Waals surface area contributed by atoms with Crippen molar-refractivity contribution in [3.05, 3.63) is 0 Å². The summed E-state index contributed by atoms with van der Waals surface area (Å²) in [5.41, 5.74) is 0. The van der Waals surface area contributed by atoms with Crippen LogP contribution < -0.4 is 5.32 Å². The maximum atomic E-state index is 11.4. The van der Waals surface area contributed by atoms with Crippen LogP contribution in [0.3, 0.4) is 0 Å². The first-order chi connectivity index (χ1) is 7.88. The van der Waals surface area contributed by atoms with Gasteiger partial charge in [-0.15, -0.1) is 0 Å². The van der Waals surface area contributed by atoms with Crippen molar-refractivity contribution in [2.45, 2.75) is 18.9 Å². The van der Waals surface area contributed by atoms with E-state index in [0.29, 0.717) is 0 Å². The molecule has 0 aromatic carbocycles. The third-order valence-corrected chi connectivity index (χ3v) is 1.88. The van der Waals surface area contributed by atoms with Gasteiger partial charge >= 0.3 is 18.0 Å². The van der Waals surface area contributed by atoms with E-state index in [1.54, 1.807) is 0 Å². The number of carboxylic acid groups (broad SMARTS) is 2. The number of nitrogens with one attached hydrogen (secondary N) is 1. The number of carbonyl (C=O) groups is 3. The molecule has 3 N–H and O–H groups in total. The number of nitrogens with zero attached hydrogens (tertiary/aromatic N) is 2. The average molecular weight is 243 g/mol. The Hall–Kier alpha value is -2.30. The lowest BCUT2D eigenvalue weighted by Crippen LogP contribution is -2.47. The summed E-state index contributed by atoms with van der Waals surface area (Å²) < 4.78 is 0. The van der Waals surface area contributed by atoms with Crippen molar-refractivity contribution in [3.63, 3.8) is 0 Å². The number of carboxylic acids is 2. The van der Waals surface area contributed by atoms with Crippen molar-refractivity contribution >= 4 is 18.0 Å². The van der Waals surface area contributed by atoms with E-state index in [9.17, 15) is 14.4 Å². The molecule has 0 aliphatic carbocycles. The summed E-state index contributed by atoms with van der Waals surface area (Å²) in [5.74, 6) is -2.74. The Kier molecular flexibility index (Phi) is 6.10. The number of carbonyl (C=O) groups excluding carboxylic acids is 1. The summed E-state index contributed by atoms with van der Waals surface area (Å²) in [5, 5.41) is 27.5. The van der Waals surface area contributed by atoms with Crippen LogP contribution in [0.5, 0.6) is 0 Å². The van der Waals surface area contributed by atoms with Crippen LogP contribution in [0.15, 0.2) is 0 Å². The molecule has 0 saturated heterocycles. The zero-order valence-electron chi connectivity index (χ0n) is 9.21. The molecule has 0 saturated carbocycles. The van der Waals surface area contributed by atoms with E-state index in [1.165, 1.54) is 7.05 Å². The van der Waals surface area contributed by atoms with Crippen molar-refractivity contribution < 1.29 is 24.6 Å². The minimum Gasteiger partial charge on any atom is -0.481 e. The van der Waals surface area contributed by atoms with Crippen LogP contribution >= 0.6 is 0 Å². The quantitative estimate of drug-likeness (QED) is 0.574. The number of aliphatic carboxylic acids is 2. The lowest BCUT2D eigenvalue weighted by Gasteiger charge is -2.19. The van der Waals surface area contributed by atoms with Gasteiger partial charge in [0.2, 0.25) is 0 Å². The van der Waals surface area contributed by atoms with Gasteiger partial charge in [0.05, 0.1) is 18.9 Å². The fourth-order valence-electron chi connectivity index (χ4n) is 0.953. The van der Waals surface area contributed by atoms with Gasteiger partial charge in [0.1, 0.15) is 6.04 Å². The maximum absolute atomic E-state index is 11.4. The van der Waals surface area contributed by atoms with E-state index in [4.69, 9.17) is 15.5 Å². The normalized spacial score (nSPS) is 11.1. The predicted molar refractivity (Wildman–Crippen MR) is 55.1 cm³/mol. The molecule has 0 aliphatic rings. The Morgan fingerprint density at radius 1 is 1.41 bits per heavy atom. The largest absolute Gasteiger partial charge is 0.481 e. The molecule has 0 aromatic rings. The van der Waals surface area contributed by atoms with Crippen LogP contribution in [0.2, 0.25) is 0 Å². The summed E-state index contributed by atoms with van der Waals surface area (Å²) in [7, 11) is 1.38. The molecule has 0 unspecified atom stereocenters. The van der Waals surface area contributed by atoms with Crippen molar-refractivity contribution in [1.29, 1.82) is 5.26 Å². The van der Waals surface area contributed by atoms with Crippen LogP contribution in [0.4, 0.5) is 4.79 Å². The number of urea groups is 1. The number of amides is 2. The van der Waals surface area contributed by atoms with Gasteiger partial charge in [-0.3, -0.25) is 4.79 Å². The minimum absolute atomic E-state index is 0.112. The Morgan fingerprint density at radius 2 is 2.00 bits per heavy atom. The molecule has 0 fully saturated rings. The Bertz CT molecular complexity index is 349. The summed E-state index contributed by atoms with van der Waals surface area (Å²) in [6.07, 6.45) is -0.590. The first-order valence-corrected chi connectivity index (χ1v) is 4.71. The Labute approximate surface area is 97.4 Å². The highest BCUT2D eigenvalue weighted by atomic mass is 16.4. The highest BCUT2D eigenvalue weighted by molar-refractivity contribution is 5.86. The van der Waals surface area contributed by atoms with Gasteiger partial charge in [-0.05, 0) is 0 Å². The summed E-state index contributed by atoms with van der Waals surface area (Å²) in [6.45, 7) is 0.141. The van der Waals surface area contributed by atoms with Crippen molar-refractivity contribution in [2.24, 2.45) is 0 Å². The maximum Gasteiger partial charge on any atom is 0.326 e. The second-order valence-corrected chi connectivity index (χ2v) is 3.27. The zero-order valence-corrected chi connectivity index (χ0v) is 9.21. The third-order valence-electron chi connectivity index (χ3n) is 1.88. The van der Waals surface area contributed by atoms with E-state index in [0.717, 1.165) is 4.90 Å². The molecule has 0 heterocycles. The monoisotopic (exact) mass is 243 g/mol. The van der Waals surface area contributed by atoms with Crippen LogP contribution in [0.1, 0.15) is 12.8 Å². The molecule has 8 heteroatoms. The second kappa shape index (κ2) is 7.05. The average Bonchev–Trinajstić information content (AvgIpc) is 2.23. The Balaban J connectivity index is 4.35. The van der Waals surface area contributed by atoms with E-state index >= 15 is 0 Å². The highest BCUT2D eigenvalue weighted by Gasteiger charge is 2.24. The molecule has 2 amide bonds. The first-order valence-electron chi connectivity index (χ1n) is 4.71. The smallest absolute Gasteiger partial charge is 0.326 e. The Morgan fingerprint density at radius 3 is 2.41 bits per heavy atom. The van der Waals surface area contributed by atoms with Crippen molar-refractivity contribution in [2.75, 3.05) is 13.6 Å². The van der Waals surface area contributed by atoms with Crippen LogP contribution in [0, 0.1) is 11.3 Å². The predicted octanol–water partition coefficient (Wildman–Crippen LogP) is -0.531. The van der Waals surface area contributed by atoms with Gasteiger partial charge in [-0.25, -0.2) is 9.59 Å². The summed E-state index contributed by atoms with van der Waals surface area (Å²) >= 11 is 0. The topological polar surface area (TPSA) is 131 Å². The molecular weight excluding hydrogens is 230 g/mol. The molecule has 1 atom stereocenters. The summed E-state index contributed by atoms with van der Waals surface area (Å²) in [6, 6.07) is -0.380. The third kappa shape index (κ3) is 5.99. The fourth-order valence-corrected chi connectivity index (χ4v) is 0.953. The molecule has 0 aliphatic heterocycles. The first kappa shape index (κ1) is 14.7. The van der Waals surface area contributed by atoms with Gasteiger partial charge in [0.25, 0.3) is 0 Å². The van der Waals surface area contributed by atoms with E-state index in [-0.39, 0.29) is 13.0 Å². The molecule has 94 valence electrons. The lowest BCUT2D eigenvalue weighted by molar-refractivity contribution is -0.145. The van der Waals surface area contributed by atoms with Gasteiger partial charge in [-0.1, -0.05) is 0 Å². The highest BCUT2D eigenvalue weighted by Crippen LogP contribution is 1.96. The zero-order chi connectivity index (χ0) is 13.4. The summed E-state index contributed by atoms with van der Waals surface area (Å²) in [4.78, 5) is 33.5. The minimum atomic E-state index is -1.48. The molecule has 0 bridgehead atoms. The SMILES string of the molecule is CN(CCC#N)C(=O)N[C@@H](CC(=O)O)C(=O)O.